The van der Waals surface area contributed by atoms with Crippen LogP contribution in [0.5, 0.6) is 0 Å². The number of hydrogen-bond acceptors (Lipinski definition) is 1. The van der Waals surface area contributed by atoms with E-state index in [9.17, 15) is 13.2 Å². The second-order valence-corrected chi connectivity index (χ2v) is 1.35. The fourth-order valence-corrected chi connectivity index (χ4v) is 0.359. The topological polar surface area (TPSA) is 12.9 Å². The van der Waals surface area contributed by atoms with Crippen molar-refractivity contribution in [1.29, 1.82) is 0 Å². The molecular weight excluding hydrogens is 276 g/mol. The standard InChI is InChI=1S/C5HF3N.BrH.Zn/c6-3-1-4(7)5(8)9-2-3;;/h1H;1H;/q-1;;+2/p-1. The van der Waals surface area contributed by atoms with E-state index in [4.69, 9.17) is 0 Å². The van der Waals surface area contributed by atoms with Gasteiger partial charge in [0.15, 0.2) is 0 Å². The molecule has 0 radical (unpaired) electrons. The molecule has 11 heavy (non-hydrogen) atoms. The predicted octanol–water partition coefficient (Wildman–Crippen LogP) is 2.14. The molecule has 1 aromatic rings. The SMILES string of the molecule is Fc1[c-]nc(F)c(F)c1.[Zn+][Br]. The Morgan fingerprint density at radius 3 is 2.27 bits per heavy atom. The first-order valence-electron chi connectivity index (χ1n) is 2.36. The average molecular weight is 277 g/mol. The van der Waals surface area contributed by atoms with Gasteiger partial charge in [0.25, 0.3) is 0 Å². The number of nitrogens with zero attached hydrogens (tertiary/aromatic N) is 1. The maximum absolute atomic E-state index is 11.9. The molecule has 0 N–H and O–H groups in total. The average Bonchev–Trinajstić information content (AvgIpc) is 2.02. The first-order valence-corrected chi connectivity index (χ1v) is 9.31. The summed E-state index contributed by atoms with van der Waals surface area (Å²) in [5.74, 6) is -3.64. The summed E-state index contributed by atoms with van der Waals surface area (Å²) in [6.07, 6.45) is 1.61. The number of hydrogen-bond donors (Lipinski definition) is 0. The molecule has 56 valence electrons. The van der Waals surface area contributed by atoms with E-state index in [0.717, 1.165) is 0 Å². The third-order valence-corrected chi connectivity index (χ3v) is 0.711. The second-order valence-electron chi connectivity index (χ2n) is 1.35. The van der Waals surface area contributed by atoms with Crippen LogP contribution in [0.2, 0.25) is 0 Å². The molecule has 1 heterocycles. The van der Waals surface area contributed by atoms with Gasteiger partial charge in [0.05, 0.1) is 5.82 Å². The summed E-state index contributed by atoms with van der Waals surface area (Å²) in [7, 11) is 0. The van der Waals surface area contributed by atoms with E-state index in [-0.39, 0.29) is 0 Å². The van der Waals surface area contributed by atoms with E-state index in [1.807, 2.05) is 0 Å². The zero-order valence-electron chi connectivity index (χ0n) is 5.24. The Morgan fingerprint density at radius 2 is 1.91 bits per heavy atom. The quantitative estimate of drug-likeness (QED) is 0.402. The Labute approximate surface area is 78.0 Å². The van der Waals surface area contributed by atoms with E-state index in [2.05, 4.69) is 18.6 Å². The number of halogens is 4. The molecule has 0 saturated carbocycles. The summed E-state index contributed by atoms with van der Waals surface area (Å²) in [5, 5.41) is 0. The molecule has 0 aromatic carbocycles. The van der Waals surface area contributed by atoms with Gasteiger partial charge >= 0.3 is 30.0 Å². The van der Waals surface area contributed by atoms with Crippen molar-refractivity contribution in [3.63, 3.8) is 0 Å². The van der Waals surface area contributed by atoms with E-state index in [0.29, 0.717) is 6.07 Å². The van der Waals surface area contributed by atoms with Crippen molar-refractivity contribution in [2.24, 2.45) is 0 Å². The van der Waals surface area contributed by atoms with Crippen LogP contribution in [0, 0.1) is 23.8 Å². The Morgan fingerprint density at radius 1 is 1.36 bits per heavy atom. The van der Waals surface area contributed by atoms with Crippen molar-refractivity contribution in [2.45, 2.75) is 0 Å². The van der Waals surface area contributed by atoms with Crippen LogP contribution in [-0.2, 0) is 16.3 Å². The zero-order valence-corrected chi connectivity index (χ0v) is 9.80. The summed E-state index contributed by atoms with van der Waals surface area (Å²) in [6, 6.07) is 0.377. The van der Waals surface area contributed by atoms with Gasteiger partial charge in [0, 0.05) is 5.82 Å². The van der Waals surface area contributed by atoms with E-state index in [1.165, 1.54) is 16.3 Å². The number of pyridine rings is 1. The van der Waals surface area contributed by atoms with Gasteiger partial charge < -0.3 is 4.98 Å². The molecule has 0 aliphatic heterocycles. The molecule has 0 bridgehead atoms. The molecule has 0 saturated heterocycles. The van der Waals surface area contributed by atoms with Crippen LogP contribution in [0.3, 0.4) is 0 Å². The van der Waals surface area contributed by atoms with Gasteiger partial charge in [-0.05, 0) is 6.20 Å². The molecule has 0 aliphatic carbocycles. The molecule has 0 amide bonds. The van der Waals surface area contributed by atoms with E-state index in [1.54, 1.807) is 6.20 Å². The molecule has 0 fully saturated rings. The van der Waals surface area contributed by atoms with Gasteiger partial charge in [-0.1, -0.05) is 6.07 Å². The summed E-state index contributed by atoms with van der Waals surface area (Å²) >= 11 is 4.25. The van der Waals surface area contributed by atoms with Crippen molar-refractivity contribution < 1.29 is 29.5 Å². The fraction of sp³-hybridized carbons (Fsp3) is 0. The molecular formula is C5HBrF3NZn. The van der Waals surface area contributed by atoms with E-state index < -0.39 is 17.6 Å². The monoisotopic (exact) mass is 275 g/mol. The summed E-state index contributed by atoms with van der Waals surface area (Å²) in [5.41, 5.74) is 0. The van der Waals surface area contributed by atoms with Crippen LogP contribution in [0.1, 0.15) is 0 Å². The van der Waals surface area contributed by atoms with Crippen LogP contribution in [0.25, 0.3) is 0 Å². The Hall–Kier alpha value is 0.0434. The molecule has 1 aromatic heterocycles. The van der Waals surface area contributed by atoms with Crippen molar-refractivity contribution >= 4 is 13.6 Å². The zero-order chi connectivity index (χ0) is 8.85. The summed E-state index contributed by atoms with van der Waals surface area (Å²) < 4.78 is 35.5. The van der Waals surface area contributed by atoms with Crippen molar-refractivity contribution in [3.8, 4) is 0 Å². The number of rotatable bonds is 0. The van der Waals surface area contributed by atoms with Crippen molar-refractivity contribution in [3.05, 3.63) is 29.8 Å². The Bertz CT molecular complexity index is 233. The molecule has 1 nitrogen and oxygen atoms in total. The summed E-state index contributed by atoms with van der Waals surface area (Å²) in [4.78, 5) is 2.64. The van der Waals surface area contributed by atoms with Crippen LogP contribution >= 0.6 is 13.6 Å². The molecule has 0 spiro atoms. The third kappa shape index (κ3) is 3.82. The predicted molar refractivity (Wildman–Crippen MR) is 31.9 cm³/mol. The normalized spacial score (nSPS) is 8.55. The van der Waals surface area contributed by atoms with Gasteiger partial charge in [0.1, 0.15) is 5.95 Å². The minimum atomic E-state index is -1.34. The first kappa shape index (κ1) is 11.0. The van der Waals surface area contributed by atoms with Crippen LogP contribution in [-0.4, -0.2) is 4.98 Å². The minimum absolute atomic E-state index is 0.377. The van der Waals surface area contributed by atoms with Gasteiger partial charge in [-0.25, -0.2) is 8.78 Å². The maximum atomic E-state index is 11.9. The third-order valence-electron chi connectivity index (χ3n) is 0.711. The molecule has 0 unspecified atom stereocenters. The van der Waals surface area contributed by atoms with Gasteiger partial charge in [0.2, 0.25) is 0 Å². The summed E-state index contributed by atoms with van der Waals surface area (Å²) in [6.45, 7) is 0. The van der Waals surface area contributed by atoms with Crippen LogP contribution in [0.15, 0.2) is 6.07 Å². The second kappa shape index (κ2) is 5.66. The van der Waals surface area contributed by atoms with Gasteiger partial charge in [-0.15, -0.1) is 0 Å². The Balaban J connectivity index is 0.000000461. The molecule has 0 atom stereocenters. The van der Waals surface area contributed by atoms with Crippen LogP contribution in [0.4, 0.5) is 13.2 Å². The van der Waals surface area contributed by atoms with Gasteiger partial charge in [-0.2, -0.15) is 0 Å². The van der Waals surface area contributed by atoms with Crippen molar-refractivity contribution in [2.75, 3.05) is 0 Å². The van der Waals surface area contributed by atoms with Gasteiger partial charge in [-0.3, -0.25) is 4.39 Å². The molecule has 1 rings (SSSR count). The van der Waals surface area contributed by atoms with E-state index >= 15 is 0 Å². The Kier molecular flexibility index (Phi) is 5.69. The van der Waals surface area contributed by atoms with Crippen molar-refractivity contribution in [1.82, 2.24) is 4.98 Å². The van der Waals surface area contributed by atoms with Crippen LogP contribution < -0.4 is 0 Å². The first-order chi connectivity index (χ1) is 5.20. The number of aromatic nitrogens is 1. The molecule has 0 aliphatic rings. The molecule has 6 heteroatoms. The fourth-order valence-electron chi connectivity index (χ4n) is 0.359.